The second-order valence-electron chi connectivity index (χ2n) is 12.4. The lowest BCUT2D eigenvalue weighted by atomic mass is 9.89. The number of fused-ring (bicyclic) bond motifs is 3. The average molecular weight is 587 g/mol. The van der Waals surface area contributed by atoms with Gasteiger partial charge in [-0.1, -0.05) is 54.9 Å². The summed E-state index contributed by atoms with van der Waals surface area (Å²) in [7, 11) is 4.52. The Hall–Kier alpha value is -2.38. The highest BCUT2D eigenvalue weighted by Gasteiger charge is 2.48. The van der Waals surface area contributed by atoms with E-state index >= 15 is 0 Å². The molecule has 1 aliphatic carbocycles. The van der Waals surface area contributed by atoms with Crippen LogP contribution in [0.3, 0.4) is 0 Å². The third-order valence-corrected chi connectivity index (χ3v) is 14.7. The van der Waals surface area contributed by atoms with Crippen molar-refractivity contribution in [3.05, 3.63) is 28.8 Å². The number of rotatable bonds is 13. The van der Waals surface area contributed by atoms with Crippen LogP contribution >= 0.6 is 0 Å². The standard InChI is InChI=1S/C34H54O6Si/c1-14-15-25-19-27(40-41(21(4)5,22(6)7)23(8)9)30-26(35-10)17-16-24-18-28(36-11)33(37-12)34(38-13)29(24)31(30)32(25)39-20(2)3/h18-23,26H,14-17H2,1-13H3. The zero-order chi connectivity index (χ0) is 30.6. The Morgan fingerprint density at radius 2 is 1.37 bits per heavy atom. The predicted molar refractivity (Wildman–Crippen MR) is 171 cm³/mol. The van der Waals surface area contributed by atoms with Crippen LogP contribution in [0, 0.1) is 0 Å². The van der Waals surface area contributed by atoms with Gasteiger partial charge in [-0.15, -0.1) is 0 Å². The number of hydrogen-bond acceptors (Lipinski definition) is 6. The fraction of sp³-hybridized carbons (Fsp3) is 0.647. The minimum absolute atomic E-state index is 0.0178. The molecule has 1 atom stereocenters. The van der Waals surface area contributed by atoms with E-state index in [1.807, 2.05) is 0 Å². The third-order valence-electron chi connectivity index (χ3n) is 8.67. The molecule has 3 rings (SSSR count). The second-order valence-corrected chi connectivity index (χ2v) is 17.8. The Kier molecular flexibility index (Phi) is 11.1. The molecule has 0 fully saturated rings. The van der Waals surface area contributed by atoms with Gasteiger partial charge in [-0.2, -0.15) is 0 Å². The summed E-state index contributed by atoms with van der Waals surface area (Å²) in [5.41, 5.74) is 6.57. The van der Waals surface area contributed by atoms with Crippen molar-refractivity contribution in [2.75, 3.05) is 28.4 Å². The Morgan fingerprint density at radius 3 is 1.83 bits per heavy atom. The fourth-order valence-electron chi connectivity index (χ4n) is 7.07. The van der Waals surface area contributed by atoms with Gasteiger partial charge in [0, 0.05) is 23.8 Å². The zero-order valence-electron chi connectivity index (χ0n) is 27.8. The minimum Gasteiger partial charge on any atom is -0.542 e. The van der Waals surface area contributed by atoms with E-state index in [0.29, 0.717) is 33.9 Å². The van der Waals surface area contributed by atoms with Gasteiger partial charge in [0.05, 0.1) is 33.5 Å². The van der Waals surface area contributed by atoms with Crippen molar-refractivity contribution in [3.63, 3.8) is 0 Å². The van der Waals surface area contributed by atoms with Gasteiger partial charge in [0.25, 0.3) is 8.32 Å². The predicted octanol–water partition coefficient (Wildman–Crippen LogP) is 9.31. The number of ether oxygens (including phenoxy) is 5. The summed E-state index contributed by atoms with van der Waals surface area (Å²) in [6.07, 6.45) is 3.22. The van der Waals surface area contributed by atoms with Gasteiger partial charge in [0.15, 0.2) is 11.5 Å². The molecular weight excluding hydrogens is 532 g/mol. The summed E-state index contributed by atoms with van der Waals surface area (Å²) < 4.78 is 38.3. The maximum Gasteiger partial charge on any atom is 0.258 e. The first kappa shape index (κ1) is 33.1. The monoisotopic (exact) mass is 586 g/mol. The van der Waals surface area contributed by atoms with Crippen molar-refractivity contribution >= 4 is 8.32 Å². The van der Waals surface area contributed by atoms with E-state index in [4.69, 9.17) is 28.1 Å². The van der Waals surface area contributed by atoms with E-state index in [2.05, 4.69) is 74.4 Å². The van der Waals surface area contributed by atoms with Crippen LogP contribution in [-0.2, 0) is 17.6 Å². The zero-order valence-corrected chi connectivity index (χ0v) is 28.8. The largest absolute Gasteiger partial charge is 0.542 e. The summed E-state index contributed by atoms with van der Waals surface area (Å²) in [5.74, 6) is 3.68. The highest BCUT2D eigenvalue weighted by Crippen LogP contribution is 2.57. The fourth-order valence-corrected chi connectivity index (χ4v) is 12.3. The van der Waals surface area contributed by atoms with Crippen LogP contribution in [0.25, 0.3) is 11.1 Å². The molecular formula is C34H54O6Si. The first-order valence-electron chi connectivity index (χ1n) is 15.3. The Bertz CT molecular complexity index is 1160. The molecule has 1 unspecified atom stereocenters. The van der Waals surface area contributed by atoms with Gasteiger partial charge in [0.1, 0.15) is 11.5 Å². The van der Waals surface area contributed by atoms with E-state index in [0.717, 1.165) is 65.0 Å². The number of hydrogen-bond donors (Lipinski definition) is 0. The van der Waals surface area contributed by atoms with Crippen LogP contribution in [0.15, 0.2) is 12.1 Å². The molecule has 0 amide bonds. The maximum atomic E-state index is 7.52. The molecule has 0 N–H and O–H groups in total. The quantitative estimate of drug-likeness (QED) is 0.218. The molecule has 0 spiro atoms. The summed E-state index contributed by atoms with van der Waals surface area (Å²) in [4.78, 5) is 0. The van der Waals surface area contributed by atoms with Gasteiger partial charge < -0.3 is 28.1 Å². The van der Waals surface area contributed by atoms with E-state index in [-0.39, 0.29) is 12.2 Å². The van der Waals surface area contributed by atoms with Crippen molar-refractivity contribution in [3.8, 4) is 39.9 Å². The Balaban J connectivity index is 2.60. The van der Waals surface area contributed by atoms with Gasteiger partial charge in [-0.3, -0.25) is 0 Å². The van der Waals surface area contributed by atoms with Crippen molar-refractivity contribution in [2.45, 2.75) is 117 Å². The lowest BCUT2D eigenvalue weighted by Crippen LogP contribution is -2.51. The molecule has 0 saturated carbocycles. The molecule has 1 aliphatic rings. The van der Waals surface area contributed by atoms with E-state index in [9.17, 15) is 0 Å². The van der Waals surface area contributed by atoms with Crippen molar-refractivity contribution in [1.29, 1.82) is 0 Å². The molecule has 0 aliphatic heterocycles. The summed E-state index contributed by atoms with van der Waals surface area (Å²) in [5, 5.41) is 0. The first-order chi connectivity index (χ1) is 19.4. The van der Waals surface area contributed by atoms with Gasteiger partial charge in [-0.25, -0.2) is 0 Å². The molecule has 0 radical (unpaired) electrons. The third kappa shape index (κ3) is 6.08. The van der Waals surface area contributed by atoms with Crippen LogP contribution < -0.4 is 23.4 Å². The average Bonchev–Trinajstić information content (AvgIpc) is 3.08. The summed E-state index contributed by atoms with van der Waals surface area (Å²) >= 11 is 0. The Morgan fingerprint density at radius 1 is 0.756 bits per heavy atom. The lowest BCUT2D eigenvalue weighted by Gasteiger charge is -2.43. The number of benzene rings is 2. The van der Waals surface area contributed by atoms with Crippen LogP contribution in [-0.4, -0.2) is 42.9 Å². The molecule has 0 bridgehead atoms. The number of aryl methyl sites for hydroxylation is 2. The van der Waals surface area contributed by atoms with Crippen LogP contribution in [0.5, 0.6) is 28.7 Å². The molecule has 0 aromatic heterocycles. The SMILES string of the molecule is CCCc1cc(O[Si](C(C)C)(C(C)C)C(C)C)c2c(c1OC(C)C)-c1c(cc(OC)c(OC)c1OC)CCC2OC. The van der Waals surface area contributed by atoms with Crippen LogP contribution in [0.2, 0.25) is 16.6 Å². The lowest BCUT2D eigenvalue weighted by molar-refractivity contribution is 0.0951. The van der Waals surface area contributed by atoms with Gasteiger partial charge in [-0.05, 0) is 73.0 Å². The topological polar surface area (TPSA) is 55.4 Å². The van der Waals surface area contributed by atoms with Crippen molar-refractivity contribution in [1.82, 2.24) is 0 Å². The molecule has 230 valence electrons. The highest BCUT2D eigenvalue weighted by atomic mass is 28.4. The molecule has 41 heavy (non-hydrogen) atoms. The van der Waals surface area contributed by atoms with Crippen molar-refractivity contribution in [2.24, 2.45) is 0 Å². The van der Waals surface area contributed by atoms with Gasteiger partial charge in [0.2, 0.25) is 5.75 Å². The van der Waals surface area contributed by atoms with E-state index in [1.165, 1.54) is 0 Å². The Labute approximate surface area is 250 Å². The smallest absolute Gasteiger partial charge is 0.258 e. The molecule has 2 aromatic rings. The van der Waals surface area contributed by atoms with Crippen molar-refractivity contribution < 1.29 is 28.1 Å². The normalized spacial score (nSPS) is 15.2. The summed E-state index contributed by atoms with van der Waals surface area (Å²) in [6.45, 7) is 20.4. The molecule has 0 saturated heterocycles. The number of methoxy groups -OCH3 is 4. The van der Waals surface area contributed by atoms with E-state index < -0.39 is 8.32 Å². The molecule has 2 aromatic carbocycles. The van der Waals surface area contributed by atoms with Crippen LogP contribution in [0.1, 0.15) is 97.9 Å². The first-order valence-corrected chi connectivity index (χ1v) is 17.5. The van der Waals surface area contributed by atoms with Gasteiger partial charge >= 0.3 is 0 Å². The second kappa shape index (κ2) is 13.7. The van der Waals surface area contributed by atoms with Crippen LogP contribution in [0.4, 0.5) is 0 Å². The molecule has 0 heterocycles. The minimum atomic E-state index is -2.30. The maximum absolute atomic E-state index is 7.52. The molecule has 6 nitrogen and oxygen atoms in total. The highest BCUT2D eigenvalue weighted by molar-refractivity contribution is 6.78. The molecule has 7 heteroatoms. The summed E-state index contributed by atoms with van der Waals surface area (Å²) in [6, 6.07) is 4.35. The van der Waals surface area contributed by atoms with E-state index in [1.54, 1.807) is 28.4 Å².